The summed E-state index contributed by atoms with van der Waals surface area (Å²) in [6.45, 7) is -0.327. The van der Waals surface area contributed by atoms with Crippen LogP contribution < -0.4 is 10.6 Å². The first-order chi connectivity index (χ1) is 17.6. The van der Waals surface area contributed by atoms with Gasteiger partial charge in [-0.2, -0.15) is 0 Å². The number of nitrogens with one attached hydrogen (secondary N) is 2. The first-order valence-corrected chi connectivity index (χ1v) is 12.0. The monoisotopic (exact) mass is 498 g/mol. The molecular formula is C26H22N6O3S. The second-order valence-electron chi connectivity index (χ2n) is 7.89. The van der Waals surface area contributed by atoms with Crippen LogP contribution in [0.5, 0.6) is 0 Å². The quantitative estimate of drug-likeness (QED) is 0.254. The van der Waals surface area contributed by atoms with Crippen LogP contribution in [0.25, 0.3) is 32.3 Å². The van der Waals surface area contributed by atoms with Crippen molar-refractivity contribution in [1.29, 1.82) is 0 Å². The predicted molar refractivity (Wildman–Crippen MR) is 140 cm³/mol. The number of fused-ring (bicyclic) bond motifs is 1. The number of aromatic nitrogens is 4. The number of pyridine rings is 1. The summed E-state index contributed by atoms with van der Waals surface area (Å²) in [5.74, 6) is 0.286. The molecule has 0 bridgehead atoms. The van der Waals surface area contributed by atoms with E-state index in [0.717, 1.165) is 26.5 Å². The van der Waals surface area contributed by atoms with Gasteiger partial charge in [-0.05, 0) is 24.3 Å². The van der Waals surface area contributed by atoms with Crippen LogP contribution in [0.15, 0.2) is 79.0 Å². The van der Waals surface area contributed by atoms with Gasteiger partial charge in [0.05, 0.1) is 18.4 Å². The largest absolute Gasteiger partial charge is 0.394 e. The summed E-state index contributed by atoms with van der Waals surface area (Å²) in [5.41, 5.74) is 3.04. The summed E-state index contributed by atoms with van der Waals surface area (Å²) in [7, 11) is 0. The summed E-state index contributed by atoms with van der Waals surface area (Å²) in [5, 5.41) is 25.5. The van der Waals surface area contributed by atoms with Crippen LogP contribution in [-0.2, 0) is 0 Å². The zero-order valence-electron chi connectivity index (χ0n) is 19.0. The second kappa shape index (κ2) is 10.6. The van der Waals surface area contributed by atoms with Gasteiger partial charge >= 0.3 is 0 Å². The minimum atomic E-state index is -0.965. The number of carbonyl (C=O) groups excluding carboxylic acids is 1. The molecule has 0 aliphatic rings. The van der Waals surface area contributed by atoms with Crippen LogP contribution in [0.2, 0.25) is 0 Å². The van der Waals surface area contributed by atoms with Crippen LogP contribution in [0.4, 0.5) is 11.5 Å². The molecule has 10 heteroatoms. The van der Waals surface area contributed by atoms with Gasteiger partial charge in [0.15, 0.2) is 5.82 Å². The Labute approximate surface area is 210 Å². The highest BCUT2D eigenvalue weighted by molar-refractivity contribution is 7.21. The number of thiazole rings is 1. The maximum Gasteiger partial charge on any atom is 0.274 e. The first kappa shape index (κ1) is 23.5. The van der Waals surface area contributed by atoms with Gasteiger partial charge in [0.1, 0.15) is 26.9 Å². The van der Waals surface area contributed by atoms with Crippen LogP contribution in [0.1, 0.15) is 10.5 Å². The highest BCUT2D eigenvalue weighted by Gasteiger charge is 2.17. The Morgan fingerprint density at radius 2 is 1.78 bits per heavy atom. The van der Waals surface area contributed by atoms with Crippen molar-refractivity contribution in [3.8, 4) is 22.0 Å². The van der Waals surface area contributed by atoms with E-state index in [1.54, 1.807) is 6.20 Å². The molecule has 0 unspecified atom stereocenters. The summed E-state index contributed by atoms with van der Waals surface area (Å²) < 4.78 is 0. The molecule has 0 radical (unpaired) electrons. The molecule has 1 atom stereocenters. The lowest BCUT2D eigenvalue weighted by atomic mass is 10.1. The van der Waals surface area contributed by atoms with Gasteiger partial charge in [-0.1, -0.05) is 53.8 Å². The van der Waals surface area contributed by atoms with Gasteiger partial charge < -0.3 is 20.8 Å². The fraction of sp³-hybridized carbons (Fsp3) is 0.115. The van der Waals surface area contributed by atoms with Crippen molar-refractivity contribution in [2.24, 2.45) is 0 Å². The molecule has 3 heterocycles. The van der Waals surface area contributed by atoms with Gasteiger partial charge in [-0.25, -0.2) is 19.9 Å². The van der Waals surface area contributed by atoms with Gasteiger partial charge in [0.25, 0.3) is 5.91 Å². The van der Waals surface area contributed by atoms with E-state index in [9.17, 15) is 9.90 Å². The molecule has 0 saturated carbocycles. The number of para-hydroxylation sites is 1. The van der Waals surface area contributed by atoms with Gasteiger partial charge in [-0.3, -0.25) is 4.79 Å². The Morgan fingerprint density at radius 3 is 2.58 bits per heavy atom. The lowest BCUT2D eigenvalue weighted by Crippen LogP contribution is -2.24. The Morgan fingerprint density at radius 1 is 0.972 bits per heavy atom. The number of hydrogen-bond donors (Lipinski definition) is 4. The Hall–Kier alpha value is -4.25. The molecule has 3 aromatic heterocycles. The van der Waals surface area contributed by atoms with Gasteiger partial charge in [0, 0.05) is 29.9 Å². The van der Waals surface area contributed by atoms with Gasteiger partial charge in [0.2, 0.25) is 0 Å². The zero-order valence-corrected chi connectivity index (χ0v) is 19.8. The number of aliphatic hydroxyl groups excluding tert-OH is 2. The first-order valence-electron chi connectivity index (χ1n) is 11.2. The molecule has 0 spiro atoms. The molecule has 180 valence electrons. The third kappa shape index (κ3) is 5.20. The predicted octanol–water partition coefficient (Wildman–Crippen LogP) is 3.83. The molecule has 0 saturated heterocycles. The van der Waals surface area contributed by atoms with Crippen LogP contribution in [0, 0.1) is 0 Å². The van der Waals surface area contributed by atoms with E-state index in [1.807, 2.05) is 66.7 Å². The molecule has 0 aliphatic carbocycles. The Kier molecular flexibility index (Phi) is 6.89. The van der Waals surface area contributed by atoms with Crippen molar-refractivity contribution in [2.45, 2.75) is 6.10 Å². The Bertz CT molecular complexity index is 1480. The van der Waals surface area contributed by atoms with Crippen molar-refractivity contribution in [3.63, 3.8) is 0 Å². The topological polar surface area (TPSA) is 133 Å². The van der Waals surface area contributed by atoms with E-state index in [-0.39, 0.29) is 12.2 Å². The number of aliphatic hydroxyl groups is 2. The number of rotatable bonds is 8. The molecule has 0 fully saturated rings. The molecule has 5 aromatic rings. The number of carbonyl (C=O) groups is 1. The van der Waals surface area contributed by atoms with Crippen molar-refractivity contribution in [3.05, 3.63) is 84.7 Å². The van der Waals surface area contributed by atoms with E-state index in [0.29, 0.717) is 17.3 Å². The minimum Gasteiger partial charge on any atom is -0.394 e. The molecule has 9 nitrogen and oxygen atoms in total. The molecular weight excluding hydrogens is 476 g/mol. The zero-order chi connectivity index (χ0) is 24.9. The van der Waals surface area contributed by atoms with Crippen molar-refractivity contribution in [1.82, 2.24) is 19.9 Å². The van der Waals surface area contributed by atoms with Crippen molar-refractivity contribution >= 4 is 39.1 Å². The highest BCUT2D eigenvalue weighted by atomic mass is 32.1. The smallest absolute Gasteiger partial charge is 0.274 e. The summed E-state index contributed by atoms with van der Waals surface area (Å²) in [6.07, 6.45) is 0.760. The van der Waals surface area contributed by atoms with Crippen LogP contribution in [0.3, 0.4) is 0 Å². The standard InChI is InChI=1S/C26H22N6O3S/c33-15-17(34)14-28-22-13-21(29-23(32-22)16-7-2-1-3-8-16)24(35)30-19-10-5-4-9-18(19)25-31-20-11-6-12-27-26(20)36-25/h1-13,17,33-34H,14-15H2,(H,30,35)(H,28,29,32)/t17-/m1/s1. The molecule has 5 rings (SSSR count). The number of anilines is 2. The summed E-state index contributed by atoms with van der Waals surface area (Å²) >= 11 is 1.45. The van der Waals surface area contributed by atoms with Crippen molar-refractivity contribution < 1.29 is 15.0 Å². The fourth-order valence-corrected chi connectivity index (χ4v) is 4.45. The average molecular weight is 499 g/mol. The maximum atomic E-state index is 13.4. The lowest BCUT2D eigenvalue weighted by molar-refractivity contribution is 0.102. The van der Waals surface area contributed by atoms with E-state index < -0.39 is 18.6 Å². The summed E-state index contributed by atoms with van der Waals surface area (Å²) in [4.78, 5) is 32.2. The molecule has 36 heavy (non-hydrogen) atoms. The van der Waals surface area contributed by atoms with Crippen LogP contribution >= 0.6 is 11.3 Å². The van der Waals surface area contributed by atoms with E-state index >= 15 is 0 Å². The SMILES string of the molecule is O=C(Nc1ccccc1-c1nc2cccnc2s1)c1cc(NC[C@@H](O)CO)nc(-c2ccccc2)n1. The minimum absolute atomic E-state index is 0.0667. The highest BCUT2D eigenvalue weighted by Crippen LogP contribution is 2.33. The van der Waals surface area contributed by atoms with E-state index in [2.05, 4.69) is 30.6 Å². The molecule has 4 N–H and O–H groups in total. The fourth-order valence-electron chi connectivity index (χ4n) is 3.51. The number of nitrogens with zero attached hydrogens (tertiary/aromatic N) is 4. The lowest BCUT2D eigenvalue weighted by Gasteiger charge is -2.13. The van der Waals surface area contributed by atoms with Crippen LogP contribution in [-0.4, -0.2) is 55.3 Å². The van der Waals surface area contributed by atoms with Gasteiger partial charge in [-0.15, -0.1) is 0 Å². The Balaban J connectivity index is 1.47. The molecule has 0 aliphatic heterocycles. The number of hydrogen-bond acceptors (Lipinski definition) is 9. The van der Waals surface area contributed by atoms with E-state index in [1.165, 1.54) is 17.4 Å². The number of benzene rings is 2. The maximum absolute atomic E-state index is 13.4. The summed E-state index contributed by atoms with van der Waals surface area (Å²) in [6, 6.07) is 22.0. The third-order valence-corrected chi connectivity index (χ3v) is 6.30. The van der Waals surface area contributed by atoms with E-state index in [4.69, 9.17) is 5.11 Å². The molecule has 1 amide bonds. The normalized spacial score (nSPS) is 11.8. The van der Waals surface area contributed by atoms with Crippen molar-refractivity contribution in [2.75, 3.05) is 23.8 Å². The average Bonchev–Trinajstić information content (AvgIpc) is 3.36. The molecule has 2 aromatic carbocycles. The third-order valence-electron chi connectivity index (χ3n) is 5.29. The second-order valence-corrected chi connectivity index (χ2v) is 8.87. The number of amides is 1.